The number of carbonyl (C=O) groups is 3. The third-order valence-electron chi connectivity index (χ3n) is 5.35. The first-order valence-corrected chi connectivity index (χ1v) is 10.4. The van der Waals surface area contributed by atoms with Gasteiger partial charge >= 0.3 is 5.97 Å². The molecule has 2 aromatic rings. The Hall–Kier alpha value is -3.39. The number of quaternary nitrogens is 1. The highest BCUT2D eigenvalue weighted by Crippen LogP contribution is 2.32. The molecule has 1 fully saturated rings. The number of anilines is 1. The largest absolute Gasteiger partial charge is 0.462 e. The van der Waals surface area contributed by atoms with Crippen LogP contribution in [-0.4, -0.2) is 37.2 Å². The van der Waals surface area contributed by atoms with Gasteiger partial charge in [0.15, 0.2) is 17.5 Å². The Bertz CT molecular complexity index is 988. The standard InChI is InChI=1S/C23H24N2O6/c1-2-3-10-29-23(28)16-5-7-17(8-6-16)25-21(26)12-18(22(25)27)24-13-15-4-9-19-20(11-15)31-14-30-19/h4-9,11,18,24H,2-3,10,12-14H2,1H3/p+1/t18-/m0/s1. The van der Waals surface area contributed by atoms with Crippen molar-refractivity contribution in [1.29, 1.82) is 0 Å². The summed E-state index contributed by atoms with van der Waals surface area (Å²) in [6.45, 7) is 3.15. The Morgan fingerprint density at radius 2 is 1.90 bits per heavy atom. The molecule has 0 saturated carbocycles. The van der Waals surface area contributed by atoms with Gasteiger partial charge in [-0.15, -0.1) is 0 Å². The molecule has 0 unspecified atom stereocenters. The Labute approximate surface area is 180 Å². The van der Waals surface area contributed by atoms with Crippen molar-refractivity contribution in [3.05, 3.63) is 53.6 Å². The number of benzene rings is 2. The van der Waals surface area contributed by atoms with Gasteiger partial charge in [-0.2, -0.15) is 0 Å². The first kappa shape index (κ1) is 20.9. The molecule has 8 nitrogen and oxygen atoms in total. The molecule has 1 saturated heterocycles. The van der Waals surface area contributed by atoms with Crippen LogP contribution >= 0.6 is 0 Å². The maximum Gasteiger partial charge on any atom is 0.338 e. The quantitative estimate of drug-likeness (QED) is 0.393. The SMILES string of the molecule is CCCCOC(=O)c1ccc(N2C(=O)C[C@H]([NH2+]Cc3ccc4c(c3)OCO4)C2=O)cc1. The van der Waals surface area contributed by atoms with Crippen molar-refractivity contribution in [1.82, 2.24) is 0 Å². The van der Waals surface area contributed by atoms with E-state index < -0.39 is 12.0 Å². The fourth-order valence-corrected chi connectivity index (χ4v) is 3.60. The summed E-state index contributed by atoms with van der Waals surface area (Å²) in [6, 6.07) is 11.5. The summed E-state index contributed by atoms with van der Waals surface area (Å²) in [7, 11) is 0. The summed E-state index contributed by atoms with van der Waals surface area (Å²) in [5.74, 6) is 0.475. The van der Waals surface area contributed by atoms with Gasteiger partial charge in [-0.25, -0.2) is 9.69 Å². The monoisotopic (exact) mass is 425 g/mol. The molecule has 8 heteroatoms. The van der Waals surface area contributed by atoms with Crippen LogP contribution in [0.15, 0.2) is 42.5 Å². The summed E-state index contributed by atoms with van der Waals surface area (Å²) in [5, 5.41) is 1.86. The molecule has 2 aliphatic heterocycles. The molecule has 2 aliphatic rings. The highest BCUT2D eigenvalue weighted by Gasteiger charge is 2.42. The van der Waals surface area contributed by atoms with Crippen molar-refractivity contribution in [2.24, 2.45) is 0 Å². The van der Waals surface area contributed by atoms with Crippen LogP contribution in [0, 0.1) is 0 Å². The lowest BCUT2D eigenvalue weighted by molar-refractivity contribution is -0.690. The molecule has 31 heavy (non-hydrogen) atoms. The first-order valence-electron chi connectivity index (χ1n) is 10.4. The third-order valence-corrected chi connectivity index (χ3v) is 5.35. The minimum atomic E-state index is -0.489. The molecule has 0 aliphatic carbocycles. The van der Waals surface area contributed by atoms with Gasteiger partial charge in [-0.1, -0.05) is 13.3 Å². The number of hydrogen-bond donors (Lipinski definition) is 1. The number of nitrogens with two attached hydrogens (primary N) is 1. The average Bonchev–Trinajstić information content (AvgIpc) is 3.35. The zero-order valence-electron chi connectivity index (χ0n) is 17.3. The summed E-state index contributed by atoms with van der Waals surface area (Å²) in [4.78, 5) is 38.6. The van der Waals surface area contributed by atoms with E-state index in [4.69, 9.17) is 14.2 Å². The number of unbranched alkanes of at least 4 members (excludes halogenated alkanes) is 1. The summed E-state index contributed by atoms with van der Waals surface area (Å²) in [6.07, 6.45) is 1.88. The summed E-state index contributed by atoms with van der Waals surface area (Å²) in [5.41, 5.74) is 1.83. The second-order valence-corrected chi connectivity index (χ2v) is 7.54. The third kappa shape index (κ3) is 4.54. The Kier molecular flexibility index (Phi) is 6.18. The number of hydrogen-bond acceptors (Lipinski definition) is 6. The van der Waals surface area contributed by atoms with Crippen LogP contribution in [-0.2, 0) is 20.9 Å². The van der Waals surface area contributed by atoms with E-state index in [-0.39, 0.29) is 25.0 Å². The van der Waals surface area contributed by atoms with Crippen molar-refractivity contribution >= 4 is 23.5 Å². The van der Waals surface area contributed by atoms with E-state index in [1.807, 2.05) is 30.4 Å². The van der Waals surface area contributed by atoms with E-state index in [1.54, 1.807) is 24.3 Å². The number of imide groups is 1. The number of carbonyl (C=O) groups excluding carboxylic acids is 3. The zero-order chi connectivity index (χ0) is 21.8. The van der Waals surface area contributed by atoms with Crippen LogP contribution in [0.1, 0.15) is 42.1 Å². The van der Waals surface area contributed by atoms with Crippen LogP contribution in [0.25, 0.3) is 0 Å². The molecule has 162 valence electrons. The molecule has 0 aromatic heterocycles. The van der Waals surface area contributed by atoms with Crippen molar-refractivity contribution in [3.8, 4) is 11.5 Å². The van der Waals surface area contributed by atoms with Gasteiger partial charge in [-0.05, 0) is 48.9 Å². The molecule has 4 rings (SSSR count). The number of nitrogens with zero attached hydrogens (tertiary/aromatic N) is 1. The van der Waals surface area contributed by atoms with Crippen molar-refractivity contribution < 1.29 is 33.9 Å². The predicted octanol–water partition coefficient (Wildman–Crippen LogP) is 1.77. The maximum atomic E-state index is 12.9. The molecule has 2 heterocycles. The number of rotatable bonds is 8. The first-order chi connectivity index (χ1) is 15.1. The van der Waals surface area contributed by atoms with Crippen LogP contribution in [0.5, 0.6) is 11.5 Å². The molecule has 2 aromatic carbocycles. The smallest absolute Gasteiger partial charge is 0.338 e. The molecule has 0 spiro atoms. The average molecular weight is 425 g/mol. The lowest BCUT2D eigenvalue weighted by Gasteiger charge is -2.14. The zero-order valence-corrected chi connectivity index (χ0v) is 17.3. The minimum absolute atomic E-state index is 0.129. The van der Waals surface area contributed by atoms with Gasteiger partial charge in [-0.3, -0.25) is 9.59 Å². The van der Waals surface area contributed by atoms with Crippen LogP contribution in [0.2, 0.25) is 0 Å². The number of ether oxygens (including phenoxy) is 3. The Morgan fingerprint density at radius 3 is 2.68 bits per heavy atom. The van der Waals surface area contributed by atoms with Crippen molar-refractivity contribution in [2.45, 2.75) is 38.8 Å². The van der Waals surface area contributed by atoms with E-state index in [1.165, 1.54) is 4.90 Å². The van der Waals surface area contributed by atoms with Crippen molar-refractivity contribution in [2.75, 3.05) is 18.3 Å². The van der Waals surface area contributed by atoms with Gasteiger partial charge in [0.1, 0.15) is 6.54 Å². The highest BCUT2D eigenvalue weighted by molar-refractivity contribution is 6.21. The van der Waals surface area contributed by atoms with Crippen LogP contribution in [0.3, 0.4) is 0 Å². The molecule has 0 radical (unpaired) electrons. The van der Waals surface area contributed by atoms with E-state index in [9.17, 15) is 14.4 Å². The summed E-state index contributed by atoms with van der Waals surface area (Å²) >= 11 is 0. The van der Waals surface area contributed by atoms with Crippen LogP contribution in [0.4, 0.5) is 5.69 Å². The molecular formula is C23H25N2O6+. The van der Waals surface area contributed by atoms with E-state index in [0.29, 0.717) is 35.9 Å². The maximum absolute atomic E-state index is 12.9. The summed E-state index contributed by atoms with van der Waals surface area (Å²) < 4.78 is 15.9. The van der Waals surface area contributed by atoms with Gasteiger partial charge in [0.05, 0.1) is 24.3 Å². The van der Waals surface area contributed by atoms with Gasteiger partial charge in [0, 0.05) is 5.56 Å². The highest BCUT2D eigenvalue weighted by atomic mass is 16.7. The van der Waals surface area contributed by atoms with Crippen LogP contribution < -0.4 is 19.7 Å². The molecule has 2 N–H and O–H groups in total. The minimum Gasteiger partial charge on any atom is -0.462 e. The predicted molar refractivity (Wildman–Crippen MR) is 111 cm³/mol. The van der Waals surface area contributed by atoms with E-state index >= 15 is 0 Å². The second-order valence-electron chi connectivity index (χ2n) is 7.54. The van der Waals surface area contributed by atoms with Gasteiger partial charge < -0.3 is 19.5 Å². The molecule has 0 bridgehead atoms. The lowest BCUT2D eigenvalue weighted by Crippen LogP contribution is -2.90. The van der Waals surface area contributed by atoms with Gasteiger partial charge in [0.25, 0.3) is 5.91 Å². The molecule has 2 amide bonds. The molecular weight excluding hydrogens is 400 g/mol. The van der Waals surface area contributed by atoms with E-state index in [2.05, 4.69) is 0 Å². The Balaban J connectivity index is 1.37. The number of esters is 1. The van der Waals surface area contributed by atoms with E-state index in [0.717, 1.165) is 18.4 Å². The normalized spacial score (nSPS) is 17.3. The number of amides is 2. The topological polar surface area (TPSA) is 98.8 Å². The fourth-order valence-electron chi connectivity index (χ4n) is 3.60. The number of fused-ring (bicyclic) bond motifs is 1. The molecule has 1 atom stereocenters. The Morgan fingerprint density at radius 1 is 1.13 bits per heavy atom. The van der Waals surface area contributed by atoms with Gasteiger partial charge in [0.2, 0.25) is 12.7 Å². The fraction of sp³-hybridized carbons (Fsp3) is 0.348. The van der Waals surface area contributed by atoms with Crippen molar-refractivity contribution in [3.63, 3.8) is 0 Å². The second kappa shape index (κ2) is 9.18. The lowest BCUT2D eigenvalue weighted by atomic mass is 10.1.